The van der Waals surface area contributed by atoms with Gasteiger partial charge in [-0.15, -0.1) is 0 Å². The van der Waals surface area contributed by atoms with Crippen LogP contribution in [0.25, 0.3) is 10.9 Å². The van der Waals surface area contributed by atoms with Crippen LogP contribution in [0.5, 0.6) is 0 Å². The Hall–Kier alpha value is -1.37. The summed E-state index contributed by atoms with van der Waals surface area (Å²) >= 11 is 0. The SMILES string of the molecule is CCOCC1CCS(=O)(=O)C12CN(Cc1cccc3[nH]ccc13)C2. The lowest BCUT2D eigenvalue weighted by atomic mass is 9.83. The molecule has 4 rings (SSSR count). The van der Waals surface area contributed by atoms with E-state index in [1.165, 1.54) is 10.9 Å². The van der Waals surface area contributed by atoms with Gasteiger partial charge in [0.2, 0.25) is 0 Å². The molecule has 1 spiro atoms. The van der Waals surface area contributed by atoms with Gasteiger partial charge in [-0.3, -0.25) is 4.90 Å². The van der Waals surface area contributed by atoms with E-state index in [1.54, 1.807) is 0 Å². The van der Waals surface area contributed by atoms with Crippen LogP contribution in [-0.4, -0.2) is 55.1 Å². The Labute approximate surface area is 142 Å². The molecule has 1 aromatic heterocycles. The zero-order valence-electron chi connectivity index (χ0n) is 14.0. The monoisotopic (exact) mass is 348 g/mol. The Morgan fingerprint density at radius 3 is 2.96 bits per heavy atom. The van der Waals surface area contributed by atoms with Crippen molar-refractivity contribution < 1.29 is 13.2 Å². The van der Waals surface area contributed by atoms with Gasteiger partial charge < -0.3 is 9.72 Å². The van der Waals surface area contributed by atoms with Crippen LogP contribution in [-0.2, 0) is 21.1 Å². The van der Waals surface area contributed by atoms with Gasteiger partial charge in [-0.1, -0.05) is 12.1 Å². The highest BCUT2D eigenvalue weighted by molar-refractivity contribution is 7.93. The molecule has 0 bridgehead atoms. The number of aromatic amines is 1. The van der Waals surface area contributed by atoms with Crippen LogP contribution in [0.4, 0.5) is 0 Å². The molecule has 24 heavy (non-hydrogen) atoms. The standard InChI is InChI=1S/C18H24N2O3S/c1-2-23-11-15-7-9-24(21,22)18(15)12-20(13-18)10-14-4-3-5-17-16(14)6-8-19-17/h3-6,8,15,19H,2,7,9-13H2,1H3. The highest BCUT2D eigenvalue weighted by Gasteiger charge is 2.61. The van der Waals surface area contributed by atoms with Crippen LogP contribution < -0.4 is 0 Å². The van der Waals surface area contributed by atoms with Crippen molar-refractivity contribution in [2.45, 2.75) is 24.6 Å². The van der Waals surface area contributed by atoms with Crippen molar-refractivity contribution in [3.8, 4) is 0 Å². The third-order valence-corrected chi connectivity index (χ3v) is 8.29. The molecule has 1 aromatic carbocycles. The molecule has 0 saturated carbocycles. The maximum Gasteiger partial charge on any atom is 0.158 e. The van der Waals surface area contributed by atoms with Gasteiger partial charge in [0.15, 0.2) is 9.84 Å². The summed E-state index contributed by atoms with van der Waals surface area (Å²) < 4.78 is 30.2. The first-order valence-electron chi connectivity index (χ1n) is 8.63. The summed E-state index contributed by atoms with van der Waals surface area (Å²) in [4.78, 5) is 5.48. The van der Waals surface area contributed by atoms with Crippen molar-refractivity contribution in [1.29, 1.82) is 0 Å². The summed E-state index contributed by atoms with van der Waals surface area (Å²) in [5.74, 6) is 0.452. The third kappa shape index (κ3) is 2.39. The Kier molecular flexibility index (Phi) is 3.94. The molecule has 1 N–H and O–H groups in total. The van der Waals surface area contributed by atoms with Crippen LogP contribution in [0, 0.1) is 5.92 Å². The van der Waals surface area contributed by atoms with Gasteiger partial charge in [0.1, 0.15) is 4.75 Å². The third-order valence-electron chi connectivity index (χ3n) is 5.68. The van der Waals surface area contributed by atoms with Crippen LogP contribution in [0.3, 0.4) is 0 Å². The Bertz CT molecular complexity index is 837. The molecule has 1 atom stereocenters. The first-order chi connectivity index (χ1) is 11.6. The molecular weight excluding hydrogens is 324 g/mol. The van der Waals surface area contributed by atoms with E-state index in [4.69, 9.17) is 4.74 Å². The second-order valence-electron chi connectivity index (χ2n) is 7.03. The lowest BCUT2D eigenvalue weighted by molar-refractivity contribution is 0.0294. The number of nitrogens with zero attached hydrogens (tertiary/aromatic N) is 1. The average molecular weight is 348 g/mol. The molecule has 0 radical (unpaired) electrons. The number of benzene rings is 1. The average Bonchev–Trinajstić information content (AvgIpc) is 3.09. The van der Waals surface area contributed by atoms with E-state index >= 15 is 0 Å². The lowest BCUT2D eigenvalue weighted by Gasteiger charge is -2.50. The summed E-state index contributed by atoms with van der Waals surface area (Å²) in [6.07, 6.45) is 2.69. The van der Waals surface area contributed by atoms with E-state index in [9.17, 15) is 8.42 Å². The number of nitrogens with one attached hydrogen (secondary N) is 1. The Balaban J connectivity index is 1.51. The van der Waals surface area contributed by atoms with Gasteiger partial charge in [-0.25, -0.2) is 8.42 Å². The predicted octanol–water partition coefficient (Wildman–Crippen LogP) is 2.19. The number of H-pyrrole nitrogens is 1. The smallest absolute Gasteiger partial charge is 0.158 e. The van der Waals surface area contributed by atoms with E-state index in [-0.39, 0.29) is 5.92 Å². The largest absolute Gasteiger partial charge is 0.381 e. The minimum Gasteiger partial charge on any atom is -0.381 e. The fourth-order valence-corrected chi connectivity index (χ4v) is 6.77. The number of aromatic nitrogens is 1. The van der Waals surface area contributed by atoms with Crippen LogP contribution in [0.15, 0.2) is 30.5 Å². The van der Waals surface area contributed by atoms with Crippen molar-refractivity contribution in [2.24, 2.45) is 5.92 Å². The van der Waals surface area contributed by atoms with Crippen LogP contribution in [0.2, 0.25) is 0 Å². The van der Waals surface area contributed by atoms with Crippen molar-refractivity contribution in [3.63, 3.8) is 0 Å². The normalized spacial score (nSPS) is 25.3. The zero-order chi connectivity index (χ0) is 16.8. The Morgan fingerprint density at radius 2 is 2.17 bits per heavy atom. The summed E-state index contributed by atoms with van der Waals surface area (Å²) in [6, 6.07) is 8.33. The van der Waals surface area contributed by atoms with Gasteiger partial charge in [-0.2, -0.15) is 0 Å². The highest BCUT2D eigenvalue weighted by Crippen LogP contribution is 2.45. The molecule has 2 aliphatic rings. The maximum absolute atomic E-state index is 12.6. The second kappa shape index (κ2) is 5.86. The van der Waals surface area contributed by atoms with Gasteiger partial charge in [0.05, 0.1) is 12.4 Å². The molecule has 2 aliphatic heterocycles. The van der Waals surface area contributed by atoms with Crippen molar-refractivity contribution in [1.82, 2.24) is 9.88 Å². The van der Waals surface area contributed by atoms with Gasteiger partial charge >= 0.3 is 0 Å². The molecule has 0 aliphatic carbocycles. The number of rotatable bonds is 5. The fraction of sp³-hybridized carbons (Fsp3) is 0.556. The molecule has 5 nitrogen and oxygen atoms in total. The van der Waals surface area contributed by atoms with Gasteiger partial charge in [0.25, 0.3) is 0 Å². The summed E-state index contributed by atoms with van der Waals surface area (Å²) in [5, 5.41) is 1.22. The van der Waals surface area contributed by atoms with E-state index in [2.05, 4.69) is 28.1 Å². The van der Waals surface area contributed by atoms with E-state index in [0.717, 1.165) is 18.5 Å². The molecular formula is C18H24N2O3S. The molecule has 6 heteroatoms. The number of fused-ring (bicyclic) bond motifs is 1. The van der Waals surface area contributed by atoms with Crippen molar-refractivity contribution in [2.75, 3.05) is 32.1 Å². The molecule has 3 heterocycles. The Morgan fingerprint density at radius 1 is 1.33 bits per heavy atom. The number of hydrogen-bond donors (Lipinski definition) is 1. The molecule has 0 amide bonds. The molecule has 130 valence electrons. The maximum atomic E-state index is 12.6. The van der Waals surface area contributed by atoms with Crippen molar-refractivity contribution >= 4 is 20.7 Å². The van der Waals surface area contributed by atoms with E-state index in [0.29, 0.717) is 32.1 Å². The van der Waals surface area contributed by atoms with Crippen molar-refractivity contribution in [3.05, 3.63) is 36.0 Å². The number of hydrogen-bond acceptors (Lipinski definition) is 4. The van der Waals surface area contributed by atoms with E-state index in [1.807, 2.05) is 19.2 Å². The lowest BCUT2D eigenvalue weighted by Crippen LogP contribution is -2.67. The fourth-order valence-electron chi connectivity index (χ4n) is 4.32. The van der Waals surface area contributed by atoms with Crippen LogP contribution in [0.1, 0.15) is 18.9 Å². The summed E-state index contributed by atoms with van der Waals surface area (Å²) in [7, 11) is -3.01. The summed E-state index contributed by atoms with van der Waals surface area (Å²) in [5.41, 5.74) is 2.38. The van der Waals surface area contributed by atoms with Crippen LogP contribution >= 0.6 is 0 Å². The van der Waals surface area contributed by atoms with Gasteiger partial charge in [0, 0.05) is 49.3 Å². The number of likely N-dealkylation sites (tertiary alicyclic amines) is 1. The van der Waals surface area contributed by atoms with Gasteiger partial charge in [-0.05, 0) is 31.0 Å². The molecule has 2 saturated heterocycles. The second-order valence-corrected chi connectivity index (χ2v) is 9.48. The predicted molar refractivity (Wildman–Crippen MR) is 94.7 cm³/mol. The van der Waals surface area contributed by atoms with E-state index < -0.39 is 14.6 Å². The number of ether oxygens (including phenoxy) is 1. The highest BCUT2D eigenvalue weighted by atomic mass is 32.2. The minimum absolute atomic E-state index is 0.141. The molecule has 2 fully saturated rings. The topological polar surface area (TPSA) is 62.4 Å². The minimum atomic E-state index is -3.01. The number of sulfone groups is 1. The molecule has 2 aromatic rings. The first-order valence-corrected chi connectivity index (χ1v) is 10.3. The quantitative estimate of drug-likeness (QED) is 0.900. The zero-order valence-corrected chi connectivity index (χ0v) is 14.8. The molecule has 1 unspecified atom stereocenters. The first kappa shape index (κ1) is 16.1. The summed E-state index contributed by atoms with van der Waals surface area (Å²) in [6.45, 7) is 5.24.